The molecule has 0 unspecified atom stereocenters. The van der Waals surface area contributed by atoms with Gasteiger partial charge in [0.2, 0.25) is 0 Å². The van der Waals surface area contributed by atoms with Gasteiger partial charge in [-0.15, -0.1) is 0 Å². The molecule has 0 radical (unpaired) electrons. The maximum absolute atomic E-state index is 12.9. The zero-order valence-corrected chi connectivity index (χ0v) is 17.6. The van der Waals surface area contributed by atoms with E-state index in [9.17, 15) is 9.59 Å². The highest BCUT2D eigenvalue weighted by Crippen LogP contribution is 2.39. The fraction of sp³-hybridized carbons (Fsp3) is 0.292. The molecule has 0 aliphatic heterocycles. The lowest BCUT2D eigenvalue weighted by atomic mass is 10.2. The normalized spacial score (nSPS) is 14.0. The number of nitrogens with one attached hydrogen (secondary N) is 1. The largest absolute Gasteiger partial charge is 0.494 e. The maximum atomic E-state index is 12.9. The van der Waals surface area contributed by atoms with Gasteiger partial charge in [0.05, 0.1) is 18.0 Å². The van der Waals surface area contributed by atoms with E-state index in [-0.39, 0.29) is 0 Å². The fourth-order valence-corrected chi connectivity index (χ4v) is 3.21. The first-order valence-corrected chi connectivity index (χ1v) is 10.4. The van der Waals surface area contributed by atoms with Gasteiger partial charge in [-0.1, -0.05) is 18.2 Å². The summed E-state index contributed by atoms with van der Waals surface area (Å²) >= 11 is 0. The minimum atomic E-state index is -0.970. The van der Waals surface area contributed by atoms with Crippen molar-refractivity contribution < 1.29 is 19.1 Å². The van der Waals surface area contributed by atoms with E-state index in [1.807, 2.05) is 37.3 Å². The molecule has 7 heteroatoms. The van der Waals surface area contributed by atoms with Crippen LogP contribution in [0.4, 0.5) is 5.69 Å². The quantitative estimate of drug-likeness (QED) is 0.550. The van der Waals surface area contributed by atoms with Crippen molar-refractivity contribution >= 4 is 17.6 Å². The molecule has 1 atom stereocenters. The molecule has 1 aliphatic carbocycles. The molecule has 1 aliphatic rings. The maximum Gasteiger partial charge on any atom is 0.357 e. The van der Waals surface area contributed by atoms with Gasteiger partial charge in [-0.25, -0.2) is 9.48 Å². The molecule has 0 bridgehead atoms. The minimum Gasteiger partial charge on any atom is -0.494 e. The highest BCUT2D eigenvalue weighted by molar-refractivity contribution is 5.97. The number of amides is 1. The summed E-state index contributed by atoms with van der Waals surface area (Å²) in [5.41, 5.74) is 2.56. The number of benzene rings is 2. The lowest BCUT2D eigenvalue weighted by molar-refractivity contribution is -0.123. The van der Waals surface area contributed by atoms with Crippen LogP contribution in [-0.4, -0.2) is 34.4 Å². The molecule has 3 aromatic rings. The summed E-state index contributed by atoms with van der Waals surface area (Å²) in [5.74, 6) is 0.112. The minimum absolute atomic E-state index is 0.314. The first-order chi connectivity index (χ1) is 15.0. The van der Waals surface area contributed by atoms with E-state index in [4.69, 9.17) is 9.47 Å². The number of esters is 1. The molecule has 1 amide bonds. The summed E-state index contributed by atoms with van der Waals surface area (Å²) < 4.78 is 12.5. The van der Waals surface area contributed by atoms with Gasteiger partial charge >= 0.3 is 5.97 Å². The van der Waals surface area contributed by atoms with E-state index in [1.165, 1.54) is 0 Å². The molecule has 1 heterocycles. The predicted molar refractivity (Wildman–Crippen MR) is 117 cm³/mol. The third-order valence-electron chi connectivity index (χ3n) is 5.02. The van der Waals surface area contributed by atoms with Crippen molar-refractivity contribution in [2.45, 2.75) is 38.7 Å². The molecule has 4 rings (SSSR count). The molecule has 1 saturated carbocycles. The van der Waals surface area contributed by atoms with Crippen LogP contribution in [0.5, 0.6) is 5.75 Å². The van der Waals surface area contributed by atoms with Crippen molar-refractivity contribution in [1.82, 2.24) is 9.78 Å². The van der Waals surface area contributed by atoms with Crippen LogP contribution in [0.2, 0.25) is 0 Å². The SMILES string of the molecule is CCOc1ccc(NC(=O)[C@@H](C)OC(=O)c2cc(C3CC3)nn2-c2ccccc2)cc1. The molecule has 160 valence electrons. The Labute approximate surface area is 181 Å². The van der Waals surface area contributed by atoms with Crippen molar-refractivity contribution in [2.24, 2.45) is 0 Å². The Balaban J connectivity index is 1.45. The van der Waals surface area contributed by atoms with Crippen LogP contribution in [0.15, 0.2) is 60.7 Å². The van der Waals surface area contributed by atoms with E-state index >= 15 is 0 Å². The number of aromatic nitrogens is 2. The van der Waals surface area contributed by atoms with E-state index < -0.39 is 18.0 Å². The van der Waals surface area contributed by atoms with Crippen molar-refractivity contribution in [2.75, 3.05) is 11.9 Å². The second kappa shape index (κ2) is 9.04. The molecule has 1 fully saturated rings. The average Bonchev–Trinajstić information content (AvgIpc) is 3.54. The molecule has 2 aromatic carbocycles. The Kier molecular flexibility index (Phi) is 6.02. The predicted octanol–water partition coefficient (Wildman–Crippen LogP) is 4.33. The third kappa shape index (κ3) is 4.94. The van der Waals surface area contributed by atoms with Gasteiger partial charge in [0.15, 0.2) is 11.8 Å². The molecule has 1 N–H and O–H groups in total. The number of para-hydroxylation sites is 1. The lowest BCUT2D eigenvalue weighted by Crippen LogP contribution is -2.30. The standard InChI is InChI=1S/C24H25N3O4/c1-3-30-20-13-11-18(12-14-20)25-23(28)16(2)31-24(29)22-15-21(17-9-10-17)26-27(22)19-7-5-4-6-8-19/h4-8,11-17H,3,9-10H2,1-2H3,(H,25,28)/t16-/m1/s1. The van der Waals surface area contributed by atoms with E-state index in [1.54, 1.807) is 41.9 Å². The van der Waals surface area contributed by atoms with E-state index in [0.29, 0.717) is 23.9 Å². The number of anilines is 1. The van der Waals surface area contributed by atoms with Crippen LogP contribution in [0.1, 0.15) is 48.8 Å². The summed E-state index contributed by atoms with van der Waals surface area (Å²) in [6, 6.07) is 18.2. The zero-order chi connectivity index (χ0) is 21.8. The summed E-state index contributed by atoms with van der Waals surface area (Å²) in [7, 11) is 0. The number of hydrogen-bond donors (Lipinski definition) is 1. The molecule has 0 spiro atoms. The highest BCUT2D eigenvalue weighted by atomic mass is 16.5. The first-order valence-electron chi connectivity index (χ1n) is 10.4. The third-order valence-corrected chi connectivity index (χ3v) is 5.02. The molecule has 1 aromatic heterocycles. The van der Waals surface area contributed by atoms with Gasteiger partial charge in [0, 0.05) is 11.6 Å². The second-order valence-corrected chi connectivity index (χ2v) is 7.47. The number of carbonyl (C=O) groups is 2. The Hall–Kier alpha value is -3.61. The number of nitrogens with zero attached hydrogens (tertiary/aromatic N) is 2. The molecular formula is C24H25N3O4. The lowest BCUT2D eigenvalue weighted by Gasteiger charge is -2.14. The van der Waals surface area contributed by atoms with Crippen molar-refractivity contribution in [1.29, 1.82) is 0 Å². The van der Waals surface area contributed by atoms with E-state index in [2.05, 4.69) is 10.4 Å². The summed E-state index contributed by atoms with van der Waals surface area (Å²) in [6.07, 6.45) is 1.17. The van der Waals surface area contributed by atoms with Crippen LogP contribution in [-0.2, 0) is 9.53 Å². The van der Waals surface area contributed by atoms with Crippen LogP contribution in [0.3, 0.4) is 0 Å². The smallest absolute Gasteiger partial charge is 0.357 e. The topological polar surface area (TPSA) is 82.4 Å². The van der Waals surface area contributed by atoms with Gasteiger partial charge in [0.1, 0.15) is 5.75 Å². The van der Waals surface area contributed by atoms with Gasteiger partial charge in [-0.3, -0.25) is 4.79 Å². The molecule has 7 nitrogen and oxygen atoms in total. The summed E-state index contributed by atoms with van der Waals surface area (Å²) in [5, 5.41) is 7.36. The number of rotatable bonds is 8. The first kappa shape index (κ1) is 20.7. The van der Waals surface area contributed by atoms with Crippen molar-refractivity contribution in [3.63, 3.8) is 0 Å². The van der Waals surface area contributed by atoms with E-state index in [0.717, 1.165) is 30.0 Å². The van der Waals surface area contributed by atoms with Crippen molar-refractivity contribution in [3.05, 3.63) is 72.1 Å². The summed E-state index contributed by atoms with van der Waals surface area (Å²) in [6.45, 7) is 4.02. The number of ether oxygens (including phenoxy) is 2. The highest BCUT2D eigenvalue weighted by Gasteiger charge is 2.30. The zero-order valence-electron chi connectivity index (χ0n) is 17.6. The molecular weight excluding hydrogens is 394 g/mol. The van der Waals surface area contributed by atoms with Crippen LogP contribution < -0.4 is 10.1 Å². The fourth-order valence-electron chi connectivity index (χ4n) is 3.21. The number of hydrogen-bond acceptors (Lipinski definition) is 5. The van der Waals surface area contributed by atoms with Gasteiger partial charge in [-0.05, 0) is 69.2 Å². The average molecular weight is 419 g/mol. The van der Waals surface area contributed by atoms with Crippen LogP contribution in [0.25, 0.3) is 5.69 Å². The van der Waals surface area contributed by atoms with Crippen molar-refractivity contribution in [3.8, 4) is 11.4 Å². The molecule has 31 heavy (non-hydrogen) atoms. The molecule has 0 saturated heterocycles. The van der Waals surface area contributed by atoms with Gasteiger partial charge in [-0.2, -0.15) is 5.10 Å². The number of carbonyl (C=O) groups excluding carboxylic acids is 2. The van der Waals surface area contributed by atoms with Crippen LogP contribution >= 0.6 is 0 Å². The second-order valence-electron chi connectivity index (χ2n) is 7.47. The van der Waals surface area contributed by atoms with Crippen LogP contribution in [0, 0.1) is 0 Å². The monoisotopic (exact) mass is 419 g/mol. The van der Waals surface area contributed by atoms with Gasteiger partial charge < -0.3 is 14.8 Å². The Morgan fingerprint density at radius 3 is 2.48 bits per heavy atom. The Morgan fingerprint density at radius 1 is 1.13 bits per heavy atom. The Morgan fingerprint density at radius 2 is 1.84 bits per heavy atom. The Bertz CT molecular complexity index is 1060. The van der Waals surface area contributed by atoms with Gasteiger partial charge in [0.25, 0.3) is 5.91 Å². The summed E-state index contributed by atoms with van der Waals surface area (Å²) in [4.78, 5) is 25.4.